The number of rotatable bonds is 11. The van der Waals surface area contributed by atoms with Gasteiger partial charge in [0.2, 0.25) is 0 Å². The first-order valence-electron chi connectivity index (χ1n) is 6.63. The molecule has 0 nitrogen and oxygen atoms in total. The van der Waals surface area contributed by atoms with Gasteiger partial charge in [0, 0.05) is 0 Å². The molecule has 0 amide bonds. The Kier molecular flexibility index (Phi) is 14.0. The van der Waals surface area contributed by atoms with E-state index in [-0.39, 0.29) is 0 Å². The van der Waals surface area contributed by atoms with Crippen LogP contribution in [0, 0.1) is 0 Å². The van der Waals surface area contributed by atoms with Crippen molar-refractivity contribution in [2.75, 3.05) is 0 Å². The van der Waals surface area contributed by atoms with E-state index in [2.05, 4.69) is 45.0 Å². The molecule has 0 bridgehead atoms. The van der Waals surface area contributed by atoms with E-state index in [1.165, 1.54) is 68.6 Å². The van der Waals surface area contributed by atoms with Gasteiger partial charge in [0.1, 0.15) is 0 Å². The predicted molar refractivity (Wildman–Crippen MR) is 89.2 cm³/mol. The minimum atomic E-state index is -1.97. The van der Waals surface area contributed by atoms with Gasteiger partial charge in [-0.15, -0.1) is 0 Å². The Labute approximate surface area is 124 Å². The molecule has 0 atom stereocenters. The van der Waals surface area contributed by atoms with Crippen LogP contribution in [-0.2, 0) is 0 Å². The molecule has 0 unspecified atom stereocenters. The second-order valence-electron chi connectivity index (χ2n) is 4.55. The molecule has 0 aliphatic rings. The summed E-state index contributed by atoms with van der Waals surface area (Å²) in [5.41, 5.74) is 0. The molecule has 0 fully saturated rings. The summed E-state index contributed by atoms with van der Waals surface area (Å²) in [4.78, 5) is 0. The van der Waals surface area contributed by atoms with Gasteiger partial charge in [-0.3, -0.25) is 0 Å². The van der Waals surface area contributed by atoms with Crippen LogP contribution in [0.4, 0.5) is 0 Å². The van der Waals surface area contributed by atoms with Crippen LogP contribution >= 0.6 is 38.1 Å². The first-order valence-corrected chi connectivity index (χ1v) is 27.8. The molecule has 0 heterocycles. The maximum atomic E-state index is 3.74. The molecule has 0 aromatic heterocycles. The van der Waals surface area contributed by atoms with Crippen LogP contribution in [0.1, 0.15) is 71.1 Å². The third kappa shape index (κ3) is 16.2. The van der Waals surface area contributed by atoms with Crippen LogP contribution in [-0.4, -0.2) is 11.7 Å². The summed E-state index contributed by atoms with van der Waals surface area (Å²) in [5.74, 6) is 0. The van der Waals surface area contributed by atoms with Gasteiger partial charge < -0.3 is 0 Å². The van der Waals surface area contributed by atoms with Crippen LogP contribution in [0.5, 0.6) is 0 Å². The topological polar surface area (TPSA) is 0 Å². The van der Waals surface area contributed by atoms with Crippen LogP contribution in [0.25, 0.3) is 0 Å². The molecule has 0 aromatic rings. The van der Waals surface area contributed by atoms with E-state index < -0.39 is 11.7 Å². The van der Waals surface area contributed by atoms with Crippen LogP contribution in [0.15, 0.2) is 0 Å². The SMILES string of the molecule is CCCCCCCCCCC[CH2][Sn]([Br])([Br])[Br]. The van der Waals surface area contributed by atoms with Gasteiger partial charge in [0.15, 0.2) is 0 Å². The second kappa shape index (κ2) is 12.3. The third-order valence-corrected chi connectivity index (χ3v) is 13.4. The first kappa shape index (κ1) is 18.2. The minimum absolute atomic E-state index is 1.35. The van der Waals surface area contributed by atoms with E-state index in [1.54, 1.807) is 0 Å². The number of hydrogen-bond acceptors (Lipinski definition) is 0. The monoisotopic (exact) mass is 526 g/mol. The van der Waals surface area contributed by atoms with Crippen LogP contribution in [0.3, 0.4) is 0 Å². The predicted octanol–water partition coefficient (Wildman–Crippen LogP) is 7.03. The Balaban J connectivity index is 2.99. The van der Waals surface area contributed by atoms with E-state index >= 15 is 0 Å². The summed E-state index contributed by atoms with van der Waals surface area (Å²) >= 11 is 9.25. The van der Waals surface area contributed by atoms with Crippen molar-refractivity contribution >= 4 is 49.8 Å². The van der Waals surface area contributed by atoms with E-state index in [1.807, 2.05) is 0 Å². The Hall–Kier alpha value is 2.24. The zero-order valence-corrected chi connectivity index (χ0v) is 18.0. The first-order chi connectivity index (χ1) is 7.56. The third-order valence-electron chi connectivity index (χ3n) is 2.81. The van der Waals surface area contributed by atoms with Gasteiger partial charge in [0.05, 0.1) is 0 Å². The van der Waals surface area contributed by atoms with Crippen molar-refractivity contribution in [2.24, 2.45) is 0 Å². The van der Waals surface area contributed by atoms with Gasteiger partial charge in [0.25, 0.3) is 0 Å². The van der Waals surface area contributed by atoms with Gasteiger partial charge in [-0.05, 0) is 0 Å². The zero-order valence-electron chi connectivity index (χ0n) is 10.4. The number of halogens is 3. The van der Waals surface area contributed by atoms with Crippen molar-refractivity contribution < 1.29 is 0 Å². The summed E-state index contributed by atoms with van der Waals surface area (Å²) < 4.78 is 1.35. The summed E-state index contributed by atoms with van der Waals surface area (Å²) in [6.45, 7) is 2.28. The normalized spacial score (nSPS) is 12.0. The molecule has 16 heavy (non-hydrogen) atoms. The van der Waals surface area contributed by atoms with Crippen LogP contribution in [0.2, 0.25) is 4.44 Å². The molecule has 0 spiro atoms. The van der Waals surface area contributed by atoms with Crippen molar-refractivity contribution in [1.82, 2.24) is 0 Å². The average molecular weight is 528 g/mol. The van der Waals surface area contributed by atoms with Crippen molar-refractivity contribution in [3.05, 3.63) is 0 Å². The van der Waals surface area contributed by atoms with Gasteiger partial charge >= 0.3 is 125 Å². The number of hydrogen-bond donors (Lipinski definition) is 0. The molecule has 0 radical (unpaired) electrons. The molecule has 0 aliphatic heterocycles. The van der Waals surface area contributed by atoms with E-state index in [9.17, 15) is 0 Å². The van der Waals surface area contributed by atoms with Gasteiger partial charge in [-0.1, -0.05) is 0 Å². The Morgan fingerprint density at radius 1 is 0.625 bits per heavy atom. The standard InChI is InChI=1S/C12H25.3BrH.Sn/c1-3-5-7-9-11-12-10-8-6-4-2;;;;/h1,3-12H2,2H3;3*1H;/q;;;;+3/p-3. The molecular formula is C12H25Br3Sn. The molecule has 0 rings (SSSR count). The van der Waals surface area contributed by atoms with E-state index in [4.69, 9.17) is 0 Å². The summed E-state index contributed by atoms with van der Waals surface area (Å²) in [5, 5.41) is 0. The molecule has 4 heteroatoms. The molecule has 0 aliphatic carbocycles. The molecule has 0 saturated carbocycles. The van der Waals surface area contributed by atoms with Crippen molar-refractivity contribution in [2.45, 2.75) is 75.6 Å². The molecule has 0 aromatic carbocycles. The number of unbranched alkanes of at least 4 members (excludes halogenated alkanes) is 9. The fourth-order valence-corrected chi connectivity index (χ4v) is 9.31. The molecule has 0 N–H and O–H groups in total. The molecule has 98 valence electrons. The van der Waals surface area contributed by atoms with Crippen molar-refractivity contribution in [1.29, 1.82) is 0 Å². The molecular weight excluding hydrogens is 503 g/mol. The van der Waals surface area contributed by atoms with Crippen molar-refractivity contribution in [3.63, 3.8) is 0 Å². The fraction of sp³-hybridized carbons (Fsp3) is 1.00. The Morgan fingerprint density at radius 3 is 1.38 bits per heavy atom. The average Bonchev–Trinajstić information content (AvgIpc) is 2.19. The van der Waals surface area contributed by atoms with Crippen LogP contribution < -0.4 is 0 Å². The summed E-state index contributed by atoms with van der Waals surface area (Å²) in [6.07, 6.45) is 14.3. The van der Waals surface area contributed by atoms with E-state index in [0.29, 0.717) is 0 Å². The van der Waals surface area contributed by atoms with Gasteiger partial charge in [-0.2, -0.15) is 0 Å². The Morgan fingerprint density at radius 2 is 1.00 bits per heavy atom. The van der Waals surface area contributed by atoms with Crippen molar-refractivity contribution in [3.8, 4) is 0 Å². The maximum absolute atomic E-state index is 3.74. The zero-order chi connectivity index (χ0) is 12.3. The van der Waals surface area contributed by atoms with Gasteiger partial charge in [-0.25, -0.2) is 0 Å². The molecule has 0 saturated heterocycles. The quantitative estimate of drug-likeness (QED) is 0.200. The van der Waals surface area contributed by atoms with E-state index in [0.717, 1.165) is 0 Å². The summed E-state index contributed by atoms with van der Waals surface area (Å²) in [7, 11) is 0. The Bertz CT molecular complexity index is 146. The second-order valence-corrected chi connectivity index (χ2v) is 58.1. The fourth-order valence-electron chi connectivity index (χ4n) is 1.81. The summed E-state index contributed by atoms with van der Waals surface area (Å²) in [6, 6.07) is 0.